The summed E-state index contributed by atoms with van der Waals surface area (Å²) in [4.78, 5) is 0. The van der Waals surface area contributed by atoms with Crippen molar-refractivity contribution in [2.45, 2.75) is 26.2 Å². The average Bonchev–Trinajstić information content (AvgIpc) is 2.48. The first-order valence-electron chi connectivity index (χ1n) is 7.32. The zero-order valence-corrected chi connectivity index (χ0v) is 14.4. The van der Waals surface area contributed by atoms with Crippen LogP contribution in [0.2, 0.25) is 0 Å². The number of nitrogens with one attached hydrogen (secondary N) is 1. The van der Waals surface area contributed by atoms with Crippen molar-refractivity contribution in [2.75, 3.05) is 0 Å². The highest BCUT2D eigenvalue weighted by molar-refractivity contribution is 7.80. The molecule has 0 aliphatic heterocycles. The number of benzene rings is 2. The van der Waals surface area contributed by atoms with E-state index in [2.05, 4.69) is 43.4 Å². The van der Waals surface area contributed by atoms with Gasteiger partial charge in [-0.15, -0.1) is 0 Å². The van der Waals surface area contributed by atoms with Crippen molar-refractivity contribution in [3.63, 3.8) is 0 Å². The molecule has 0 fully saturated rings. The van der Waals surface area contributed by atoms with Crippen LogP contribution in [0.5, 0.6) is 11.5 Å². The first-order chi connectivity index (χ1) is 10.9. The zero-order chi connectivity index (χ0) is 16.9. The molecule has 0 aliphatic carbocycles. The maximum Gasteiger partial charge on any atom is 0.184 e. The van der Waals surface area contributed by atoms with Crippen LogP contribution in [0.1, 0.15) is 31.9 Å². The molecule has 2 rings (SSSR count). The molecule has 2 aromatic rings. The van der Waals surface area contributed by atoms with E-state index in [0.29, 0.717) is 5.75 Å². The largest absolute Gasteiger partial charge is 0.457 e. The summed E-state index contributed by atoms with van der Waals surface area (Å²) in [5, 5.41) is 4.09. The Kier molecular flexibility index (Phi) is 5.34. The van der Waals surface area contributed by atoms with Crippen LogP contribution in [0.4, 0.5) is 0 Å². The molecule has 120 valence electrons. The van der Waals surface area contributed by atoms with E-state index in [0.717, 1.165) is 11.3 Å². The maximum absolute atomic E-state index is 5.95. The van der Waals surface area contributed by atoms with Crippen LogP contribution in [0.3, 0.4) is 0 Å². The molecule has 0 saturated heterocycles. The molecule has 2 aromatic carbocycles. The second kappa shape index (κ2) is 7.24. The predicted molar refractivity (Wildman–Crippen MR) is 99.2 cm³/mol. The van der Waals surface area contributed by atoms with Gasteiger partial charge in [0.25, 0.3) is 0 Å². The van der Waals surface area contributed by atoms with E-state index in [9.17, 15) is 0 Å². The van der Waals surface area contributed by atoms with Gasteiger partial charge in [-0.2, -0.15) is 5.10 Å². The van der Waals surface area contributed by atoms with Gasteiger partial charge in [-0.25, -0.2) is 0 Å². The van der Waals surface area contributed by atoms with Crippen LogP contribution in [-0.4, -0.2) is 11.3 Å². The molecule has 4 nitrogen and oxygen atoms in total. The fourth-order valence-electron chi connectivity index (χ4n) is 2.00. The van der Waals surface area contributed by atoms with Gasteiger partial charge in [0.1, 0.15) is 11.5 Å². The summed E-state index contributed by atoms with van der Waals surface area (Å²) >= 11 is 4.71. The van der Waals surface area contributed by atoms with Gasteiger partial charge in [-0.05, 0) is 47.5 Å². The van der Waals surface area contributed by atoms with Gasteiger partial charge in [-0.1, -0.05) is 45.0 Å². The molecule has 23 heavy (non-hydrogen) atoms. The van der Waals surface area contributed by atoms with Gasteiger partial charge in [0, 0.05) is 5.56 Å². The van der Waals surface area contributed by atoms with Crippen LogP contribution >= 0.6 is 12.2 Å². The van der Waals surface area contributed by atoms with Gasteiger partial charge in [0.2, 0.25) is 0 Å². The Balaban J connectivity index is 2.17. The lowest BCUT2D eigenvalue weighted by Gasteiger charge is -2.19. The van der Waals surface area contributed by atoms with E-state index in [1.807, 2.05) is 36.4 Å². The third kappa shape index (κ3) is 5.07. The Morgan fingerprint density at radius 1 is 1.13 bits per heavy atom. The minimum Gasteiger partial charge on any atom is -0.457 e. The standard InChI is InChI=1S/C18H21N3OS/c1-18(2,3)14-8-10-15(11-9-14)22-16-7-5-4-6-13(16)12-20-21-17(19)23/h4-12H,1-3H3,(H3,19,21,23). The Bertz CT molecular complexity index is 703. The first kappa shape index (κ1) is 17.0. The fourth-order valence-corrected chi connectivity index (χ4v) is 2.05. The minimum atomic E-state index is 0.120. The monoisotopic (exact) mass is 327 g/mol. The van der Waals surface area contributed by atoms with E-state index in [-0.39, 0.29) is 10.5 Å². The molecule has 0 aromatic heterocycles. The second-order valence-corrected chi connectivity index (χ2v) is 6.59. The Morgan fingerprint density at radius 2 is 1.78 bits per heavy atom. The van der Waals surface area contributed by atoms with Crippen LogP contribution in [0, 0.1) is 0 Å². The van der Waals surface area contributed by atoms with Crippen molar-refractivity contribution in [3.05, 3.63) is 59.7 Å². The van der Waals surface area contributed by atoms with Gasteiger partial charge in [0.15, 0.2) is 5.11 Å². The van der Waals surface area contributed by atoms with Gasteiger partial charge in [0.05, 0.1) is 6.21 Å². The molecule has 0 saturated carbocycles. The molecule has 3 N–H and O–H groups in total. The average molecular weight is 327 g/mol. The Labute approximate surface area is 142 Å². The number of nitrogens with two attached hydrogens (primary N) is 1. The third-order valence-electron chi connectivity index (χ3n) is 3.25. The SMILES string of the molecule is CC(C)(C)c1ccc(Oc2ccccc2C=NNC(N)=S)cc1. The summed E-state index contributed by atoms with van der Waals surface area (Å²) < 4.78 is 5.95. The number of rotatable bonds is 4. The zero-order valence-electron chi connectivity index (χ0n) is 13.5. The number of hydrogen-bond acceptors (Lipinski definition) is 3. The van der Waals surface area contributed by atoms with Crippen molar-refractivity contribution in [1.82, 2.24) is 5.43 Å². The summed E-state index contributed by atoms with van der Waals surface area (Å²) in [6.07, 6.45) is 1.62. The lowest BCUT2D eigenvalue weighted by atomic mass is 9.87. The first-order valence-corrected chi connectivity index (χ1v) is 7.73. The van der Waals surface area contributed by atoms with Gasteiger partial charge in [-0.3, -0.25) is 5.43 Å². The Morgan fingerprint density at radius 3 is 2.39 bits per heavy atom. The van der Waals surface area contributed by atoms with Crippen LogP contribution in [0.25, 0.3) is 0 Å². The van der Waals surface area contributed by atoms with Crippen molar-refractivity contribution < 1.29 is 4.74 Å². The van der Waals surface area contributed by atoms with Crippen molar-refractivity contribution in [2.24, 2.45) is 10.8 Å². The predicted octanol–water partition coefficient (Wildman–Crippen LogP) is 3.94. The van der Waals surface area contributed by atoms with Crippen molar-refractivity contribution in [3.8, 4) is 11.5 Å². The molecule has 0 spiro atoms. The second-order valence-electron chi connectivity index (χ2n) is 6.15. The van der Waals surface area contributed by atoms with E-state index in [1.165, 1.54) is 5.56 Å². The lowest BCUT2D eigenvalue weighted by Crippen LogP contribution is -2.24. The normalized spacial score (nSPS) is 11.4. The van der Waals surface area contributed by atoms with Crippen molar-refractivity contribution in [1.29, 1.82) is 0 Å². The number of ether oxygens (including phenoxy) is 1. The maximum atomic E-state index is 5.95. The van der Waals surface area contributed by atoms with E-state index >= 15 is 0 Å². The highest BCUT2D eigenvalue weighted by Gasteiger charge is 2.13. The highest BCUT2D eigenvalue weighted by Crippen LogP contribution is 2.28. The molecule has 0 aliphatic rings. The molecule has 0 bridgehead atoms. The van der Waals surface area contributed by atoms with Gasteiger partial charge < -0.3 is 10.5 Å². The molecule has 5 heteroatoms. The molecular formula is C18H21N3OS. The lowest BCUT2D eigenvalue weighted by molar-refractivity contribution is 0.480. The molecular weight excluding hydrogens is 306 g/mol. The number of hydrogen-bond donors (Lipinski definition) is 2. The van der Waals surface area contributed by atoms with Crippen LogP contribution in [0.15, 0.2) is 53.6 Å². The van der Waals surface area contributed by atoms with E-state index < -0.39 is 0 Å². The molecule has 0 unspecified atom stereocenters. The topological polar surface area (TPSA) is 59.6 Å². The molecule has 0 heterocycles. The minimum absolute atomic E-state index is 0.120. The van der Waals surface area contributed by atoms with E-state index in [4.69, 9.17) is 22.7 Å². The number of nitrogens with zero attached hydrogens (tertiary/aromatic N) is 1. The fraction of sp³-hybridized carbons (Fsp3) is 0.222. The summed E-state index contributed by atoms with van der Waals surface area (Å²) in [5.41, 5.74) is 10.1. The number of hydrazone groups is 1. The summed E-state index contributed by atoms with van der Waals surface area (Å²) in [6.45, 7) is 6.55. The molecule has 0 amide bonds. The highest BCUT2D eigenvalue weighted by atomic mass is 32.1. The molecule has 0 radical (unpaired) electrons. The van der Waals surface area contributed by atoms with Crippen LogP contribution < -0.4 is 15.9 Å². The van der Waals surface area contributed by atoms with E-state index in [1.54, 1.807) is 6.21 Å². The van der Waals surface area contributed by atoms with Crippen molar-refractivity contribution >= 4 is 23.5 Å². The quantitative estimate of drug-likeness (QED) is 0.507. The van der Waals surface area contributed by atoms with Gasteiger partial charge >= 0.3 is 0 Å². The summed E-state index contributed by atoms with van der Waals surface area (Å²) in [6, 6.07) is 15.7. The molecule has 0 atom stereocenters. The smallest absolute Gasteiger partial charge is 0.184 e. The third-order valence-corrected chi connectivity index (χ3v) is 3.34. The summed E-state index contributed by atoms with van der Waals surface area (Å²) in [5.74, 6) is 1.49. The summed E-state index contributed by atoms with van der Waals surface area (Å²) in [7, 11) is 0. The van der Waals surface area contributed by atoms with Crippen LogP contribution in [-0.2, 0) is 5.41 Å². The number of para-hydroxylation sites is 1. The number of thiocarbonyl (C=S) groups is 1. The Hall–Kier alpha value is -2.40.